The lowest BCUT2D eigenvalue weighted by Crippen LogP contribution is -2.50. The summed E-state index contributed by atoms with van der Waals surface area (Å²) in [6.45, 7) is 4.43. The number of amides is 2. The van der Waals surface area contributed by atoms with Crippen LogP contribution in [-0.4, -0.2) is 17.9 Å². The lowest BCUT2D eigenvalue weighted by molar-refractivity contribution is -0.124. The van der Waals surface area contributed by atoms with Crippen LogP contribution in [0.25, 0.3) is 0 Å². The normalized spacial score (nSPS) is 13.1. The third kappa shape index (κ3) is 5.08. The van der Waals surface area contributed by atoms with Crippen LogP contribution in [0.15, 0.2) is 41.8 Å². The first-order chi connectivity index (χ1) is 11.5. The molecule has 2 N–H and O–H groups in total. The van der Waals surface area contributed by atoms with Crippen molar-refractivity contribution >= 4 is 34.8 Å². The molecule has 128 valence electrons. The van der Waals surface area contributed by atoms with Crippen molar-refractivity contribution in [3.63, 3.8) is 0 Å². The third-order valence-electron chi connectivity index (χ3n) is 3.91. The van der Waals surface area contributed by atoms with Gasteiger partial charge in [-0.05, 0) is 41.6 Å². The summed E-state index contributed by atoms with van der Waals surface area (Å²) in [5.74, 6) is -0.409. The van der Waals surface area contributed by atoms with E-state index in [9.17, 15) is 9.59 Å². The van der Waals surface area contributed by atoms with Gasteiger partial charge in [-0.1, -0.05) is 37.9 Å². The molecule has 2 aromatic rings. The van der Waals surface area contributed by atoms with Crippen LogP contribution < -0.4 is 10.6 Å². The molecule has 1 aromatic carbocycles. The van der Waals surface area contributed by atoms with Gasteiger partial charge in [0.25, 0.3) is 5.91 Å². The van der Waals surface area contributed by atoms with E-state index in [1.807, 2.05) is 31.4 Å². The highest BCUT2D eigenvalue weighted by Crippen LogP contribution is 2.13. The summed E-state index contributed by atoms with van der Waals surface area (Å²) in [7, 11) is 0. The summed E-state index contributed by atoms with van der Waals surface area (Å²) in [6, 6.07) is 9.95. The Labute approximate surface area is 151 Å². The molecule has 24 heavy (non-hydrogen) atoms. The van der Waals surface area contributed by atoms with Crippen LogP contribution in [0.2, 0.25) is 5.02 Å². The molecule has 0 saturated carbocycles. The Bertz CT molecular complexity index is 671. The van der Waals surface area contributed by atoms with Crippen molar-refractivity contribution in [1.82, 2.24) is 10.6 Å². The minimum Gasteiger partial charge on any atom is -0.349 e. The number of rotatable bonds is 7. The van der Waals surface area contributed by atoms with Gasteiger partial charge in [-0.3, -0.25) is 9.59 Å². The summed E-state index contributed by atoms with van der Waals surface area (Å²) in [6.07, 6.45) is 0.790. The van der Waals surface area contributed by atoms with Gasteiger partial charge in [-0.2, -0.15) is 0 Å². The number of benzene rings is 1. The summed E-state index contributed by atoms with van der Waals surface area (Å²) >= 11 is 7.43. The zero-order valence-electron chi connectivity index (χ0n) is 13.7. The molecule has 0 aliphatic carbocycles. The van der Waals surface area contributed by atoms with Crippen molar-refractivity contribution in [2.45, 2.75) is 32.9 Å². The van der Waals surface area contributed by atoms with Gasteiger partial charge < -0.3 is 10.6 Å². The van der Waals surface area contributed by atoms with Crippen molar-refractivity contribution in [3.8, 4) is 0 Å². The fraction of sp³-hybridized carbons (Fsp3) is 0.333. The zero-order chi connectivity index (χ0) is 17.5. The first kappa shape index (κ1) is 18.5. The predicted octanol–water partition coefficient (Wildman–Crippen LogP) is 3.86. The number of thiophene rings is 1. The van der Waals surface area contributed by atoms with E-state index in [0.717, 1.165) is 11.3 Å². The Hall–Kier alpha value is -1.85. The fourth-order valence-corrected chi connectivity index (χ4v) is 3.00. The molecule has 1 heterocycles. The van der Waals surface area contributed by atoms with E-state index in [4.69, 9.17) is 11.6 Å². The van der Waals surface area contributed by atoms with Crippen LogP contribution in [0.3, 0.4) is 0 Å². The third-order valence-corrected chi connectivity index (χ3v) is 5.03. The number of hydrogen-bond donors (Lipinski definition) is 2. The second kappa shape index (κ2) is 8.85. The first-order valence-electron chi connectivity index (χ1n) is 7.87. The Kier molecular flexibility index (Phi) is 6.82. The Balaban J connectivity index is 2.02. The number of carbonyl (C=O) groups excluding carboxylic acids is 2. The molecule has 0 aliphatic rings. The molecule has 0 radical (unpaired) electrons. The van der Waals surface area contributed by atoms with Crippen molar-refractivity contribution in [1.29, 1.82) is 0 Å². The smallest absolute Gasteiger partial charge is 0.251 e. The highest BCUT2D eigenvalue weighted by atomic mass is 35.5. The van der Waals surface area contributed by atoms with Gasteiger partial charge in [-0.15, -0.1) is 11.3 Å². The number of halogens is 1. The topological polar surface area (TPSA) is 58.2 Å². The summed E-state index contributed by atoms with van der Waals surface area (Å²) in [4.78, 5) is 26.0. The van der Waals surface area contributed by atoms with E-state index < -0.39 is 6.04 Å². The van der Waals surface area contributed by atoms with Crippen LogP contribution >= 0.6 is 22.9 Å². The van der Waals surface area contributed by atoms with E-state index in [-0.39, 0.29) is 17.7 Å². The number of carbonyl (C=O) groups is 2. The molecule has 0 bridgehead atoms. The highest BCUT2D eigenvalue weighted by molar-refractivity contribution is 7.09. The molecule has 2 amide bonds. The molecule has 0 unspecified atom stereocenters. The van der Waals surface area contributed by atoms with E-state index in [0.29, 0.717) is 17.1 Å². The summed E-state index contributed by atoms with van der Waals surface area (Å²) < 4.78 is 0. The molecule has 1 aromatic heterocycles. The first-order valence-corrected chi connectivity index (χ1v) is 9.13. The molecule has 0 aliphatic heterocycles. The van der Waals surface area contributed by atoms with Gasteiger partial charge in [0.15, 0.2) is 0 Å². The number of nitrogens with one attached hydrogen (secondary N) is 2. The van der Waals surface area contributed by atoms with E-state index in [1.54, 1.807) is 35.6 Å². The number of hydrogen-bond acceptors (Lipinski definition) is 3. The van der Waals surface area contributed by atoms with E-state index in [2.05, 4.69) is 10.6 Å². The summed E-state index contributed by atoms with van der Waals surface area (Å²) in [5.41, 5.74) is 0.485. The average Bonchev–Trinajstić information content (AvgIpc) is 3.10. The van der Waals surface area contributed by atoms with Crippen molar-refractivity contribution < 1.29 is 9.59 Å². The standard InChI is InChI=1S/C18H21ClN2O2S/c1-3-12(2)16(18(23)20-11-15-5-4-10-24-15)21-17(22)13-6-8-14(19)9-7-13/h4-10,12,16H,3,11H2,1-2H3,(H,20,23)(H,21,22)/t12-,16-/m0/s1. The second-order valence-corrected chi connectivity index (χ2v) is 7.11. The van der Waals surface area contributed by atoms with Crippen molar-refractivity contribution in [2.24, 2.45) is 5.92 Å². The highest BCUT2D eigenvalue weighted by Gasteiger charge is 2.26. The van der Waals surface area contributed by atoms with E-state index >= 15 is 0 Å². The maximum atomic E-state index is 12.5. The minimum atomic E-state index is -0.571. The fourth-order valence-electron chi connectivity index (χ4n) is 2.23. The van der Waals surface area contributed by atoms with Crippen LogP contribution in [0.5, 0.6) is 0 Å². The zero-order valence-corrected chi connectivity index (χ0v) is 15.3. The van der Waals surface area contributed by atoms with Crippen molar-refractivity contribution in [3.05, 3.63) is 57.2 Å². The molecule has 0 saturated heterocycles. The van der Waals surface area contributed by atoms with Crippen molar-refractivity contribution in [2.75, 3.05) is 0 Å². The maximum Gasteiger partial charge on any atom is 0.251 e. The Morgan fingerprint density at radius 2 is 1.92 bits per heavy atom. The summed E-state index contributed by atoms with van der Waals surface area (Å²) in [5, 5.41) is 8.28. The lowest BCUT2D eigenvalue weighted by atomic mass is 9.98. The molecule has 6 heteroatoms. The molecule has 0 fully saturated rings. The maximum absolute atomic E-state index is 12.5. The molecule has 2 rings (SSSR count). The quantitative estimate of drug-likeness (QED) is 0.783. The Morgan fingerprint density at radius 3 is 2.50 bits per heavy atom. The lowest BCUT2D eigenvalue weighted by Gasteiger charge is -2.23. The Morgan fingerprint density at radius 1 is 1.21 bits per heavy atom. The van der Waals surface area contributed by atoms with Gasteiger partial charge in [0.2, 0.25) is 5.91 Å². The molecule has 4 nitrogen and oxygen atoms in total. The van der Waals surface area contributed by atoms with Gasteiger partial charge >= 0.3 is 0 Å². The average molecular weight is 365 g/mol. The van der Waals surface area contributed by atoms with Gasteiger partial charge in [-0.25, -0.2) is 0 Å². The minimum absolute atomic E-state index is 0.0320. The van der Waals surface area contributed by atoms with Gasteiger partial charge in [0, 0.05) is 15.5 Å². The van der Waals surface area contributed by atoms with Crippen LogP contribution in [-0.2, 0) is 11.3 Å². The SMILES string of the molecule is CC[C@H](C)[C@H](NC(=O)c1ccc(Cl)cc1)C(=O)NCc1cccs1. The van der Waals surface area contributed by atoms with Crippen LogP contribution in [0.1, 0.15) is 35.5 Å². The largest absolute Gasteiger partial charge is 0.349 e. The van der Waals surface area contributed by atoms with Gasteiger partial charge in [0.1, 0.15) is 6.04 Å². The van der Waals surface area contributed by atoms with Crippen LogP contribution in [0.4, 0.5) is 0 Å². The van der Waals surface area contributed by atoms with Crippen LogP contribution in [0, 0.1) is 5.92 Å². The van der Waals surface area contributed by atoms with E-state index in [1.165, 1.54) is 0 Å². The molecular formula is C18H21ClN2O2S. The van der Waals surface area contributed by atoms with Gasteiger partial charge in [0.05, 0.1) is 6.54 Å². The molecular weight excluding hydrogens is 344 g/mol. The molecule has 0 spiro atoms. The molecule has 2 atom stereocenters. The second-order valence-electron chi connectivity index (χ2n) is 5.64. The monoisotopic (exact) mass is 364 g/mol. The predicted molar refractivity (Wildman–Crippen MR) is 98.3 cm³/mol.